The highest BCUT2D eigenvalue weighted by molar-refractivity contribution is 9.10. The Hall–Kier alpha value is -0.890. The van der Waals surface area contributed by atoms with Crippen molar-refractivity contribution in [1.29, 1.82) is 0 Å². The molecule has 1 radical (unpaired) electrons. The predicted octanol–water partition coefficient (Wildman–Crippen LogP) is 2.80. The van der Waals surface area contributed by atoms with Gasteiger partial charge in [0.25, 0.3) is 0 Å². The molecule has 0 saturated carbocycles. The molecule has 2 aromatic rings. The standard InChI is InChI=1S/C9H5BrN/c10-8-4-1-5-9-7(8)3-2-6-11-9/h1-5H. The average molecular weight is 207 g/mol. The Morgan fingerprint density at radius 2 is 2.18 bits per heavy atom. The molecule has 1 heterocycles. The van der Waals surface area contributed by atoms with E-state index >= 15 is 0 Å². The first-order chi connectivity index (χ1) is 5.38. The highest BCUT2D eigenvalue weighted by Gasteiger charge is 1.95. The van der Waals surface area contributed by atoms with Crippen molar-refractivity contribution in [1.82, 2.24) is 4.98 Å². The molecule has 53 valence electrons. The first-order valence-electron chi connectivity index (χ1n) is 3.29. The van der Waals surface area contributed by atoms with Gasteiger partial charge >= 0.3 is 0 Å². The molecule has 0 amide bonds. The minimum absolute atomic E-state index is 0.974. The Morgan fingerprint density at radius 3 is 3.00 bits per heavy atom. The molecule has 0 aliphatic rings. The number of aromatic nitrogens is 1. The van der Waals surface area contributed by atoms with E-state index in [1.807, 2.05) is 30.3 Å². The van der Waals surface area contributed by atoms with Gasteiger partial charge in [0, 0.05) is 9.86 Å². The number of rotatable bonds is 0. The van der Waals surface area contributed by atoms with Gasteiger partial charge in [-0.3, -0.25) is 0 Å². The van der Waals surface area contributed by atoms with Gasteiger partial charge in [0.15, 0.2) is 0 Å². The SMILES string of the molecule is Brc1cccc2n[c]ccc12. The van der Waals surface area contributed by atoms with Gasteiger partial charge in [0.2, 0.25) is 0 Å². The normalized spacial score (nSPS) is 10.3. The van der Waals surface area contributed by atoms with E-state index in [2.05, 4.69) is 27.1 Å². The molecule has 2 rings (SSSR count). The van der Waals surface area contributed by atoms with Gasteiger partial charge in [-0.05, 0) is 24.3 Å². The highest BCUT2D eigenvalue weighted by atomic mass is 79.9. The van der Waals surface area contributed by atoms with E-state index in [1.54, 1.807) is 0 Å². The van der Waals surface area contributed by atoms with E-state index < -0.39 is 0 Å². The Balaban J connectivity index is 2.91. The van der Waals surface area contributed by atoms with Crippen molar-refractivity contribution in [2.75, 3.05) is 0 Å². The number of halogens is 1. The van der Waals surface area contributed by atoms with Crippen molar-refractivity contribution in [3.05, 3.63) is 41.0 Å². The second kappa shape index (κ2) is 2.62. The maximum Gasteiger partial charge on any atom is 0.0894 e. The quantitative estimate of drug-likeness (QED) is 0.647. The number of nitrogens with zero attached hydrogens (tertiary/aromatic N) is 1. The third-order valence-electron chi connectivity index (χ3n) is 1.54. The van der Waals surface area contributed by atoms with Crippen LogP contribution in [0, 0.1) is 6.20 Å². The summed E-state index contributed by atoms with van der Waals surface area (Å²) in [6, 6.07) is 9.74. The fraction of sp³-hybridized carbons (Fsp3) is 0. The summed E-state index contributed by atoms with van der Waals surface area (Å²) in [5.74, 6) is 0. The summed E-state index contributed by atoms with van der Waals surface area (Å²) in [7, 11) is 0. The fourth-order valence-corrected chi connectivity index (χ4v) is 1.50. The van der Waals surface area contributed by atoms with Crippen molar-refractivity contribution in [2.45, 2.75) is 0 Å². The lowest BCUT2D eigenvalue weighted by atomic mass is 10.2. The van der Waals surface area contributed by atoms with Gasteiger partial charge in [0.1, 0.15) is 0 Å². The van der Waals surface area contributed by atoms with Gasteiger partial charge in [-0.15, -0.1) is 0 Å². The Kier molecular flexibility index (Phi) is 1.62. The molecule has 1 aromatic carbocycles. The molecule has 0 aliphatic carbocycles. The summed E-state index contributed by atoms with van der Waals surface area (Å²) < 4.78 is 1.08. The van der Waals surface area contributed by atoms with Gasteiger partial charge < -0.3 is 0 Å². The van der Waals surface area contributed by atoms with Crippen LogP contribution >= 0.6 is 15.9 Å². The third-order valence-corrected chi connectivity index (χ3v) is 2.23. The van der Waals surface area contributed by atoms with E-state index in [0.717, 1.165) is 15.4 Å². The fourth-order valence-electron chi connectivity index (χ4n) is 1.02. The van der Waals surface area contributed by atoms with E-state index in [-0.39, 0.29) is 0 Å². The van der Waals surface area contributed by atoms with Crippen molar-refractivity contribution in [3.63, 3.8) is 0 Å². The van der Waals surface area contributed by atoms with Crippen LogP contribution in [0.5, 0.6) is 0 Å². The second-order valence-electron chi connectivity index (χ2n) is 2.25. The first kappa shape index (κ1) is 6.80. The lowest BCUT2D eigenvalue weighted by molar-refractivity contribution is 1.39. The Morgan fingerprint density at radius 1 is 1.27 bits per heavy atom. The monoisotopic (exact) mass is 206 g/mol. The van der Waals surface area contributed by atoms with Gasteiger partial charge in [-0.2, -0.15) is 0 Å². The largest absolute Gasteiger partial charge is 0.246 e. The lowest BCUT2D eigenvalue weighted by Gasteiger charge is -1.96. The maximum atomic E-state index is 4.09. The summed E-state index contributed by atoms with van der Waals surface area (Å²) in [5.41, 5.74) is 0.974. The molecule has 0 saturated heterocycles. The van der Waals surface area contributed by atoms with Crippen LogP contribution in [-0.2, 0) is 0 Å². The minimum atomic E-state index is 0.974. The third kappa shape index (κ3) is 1.14. The number of benzene rings is 1. The Bertz CT molecular complexity index is 379. The predicted molar refractivity (Wildman–Crippen MR) is 48.3 cm³/mol. The summed E-state index contributed by atoms with van der Waals surface area (Å²) >= 11 is 3.44. The van der Waals surface area contributed by atoms with E-state index in [1.165, 1.54) is 0 Å². The molecule has 0 bridgehead atoms. The van der Waals surface area contributed by atoms with Gasteiger partial charge in [-0.25, -0.2) is 4.98 Å². The van der Waals surface area contributed by atoms with Crippen LogP contribution in [0.2, 0.25) is 0 Å². The molecule has 0 fully saturated rings. The zero-order valence-electron chi connectivity index (χ0n) is 5.71. The highest BCUT2D eigenvalue weighted by Crippen LogP contribution is 2.20. The summed E-state index contributed by atoms with van der Waals surface area (Å²) in [4.78, 5) is 4.09. The smallest absolute Gasteiger partial charge is 0.0894 e. The molecule has 2 heteroatoms. The molecule has 1 nitrogen and oxygen atoms in total. The topological polar surface area (TPSA) is 12.9 Å². The van der Waals surface area contributed by atoms with Crippen molar-refractivity contribution in [3.8, 4) is 0 Å². The van der Waals surface area contributed by atoms with Gasteiger partial charge in [-0.1, -0.05) is 22.0 Å². The summed E-state index contributed by atoms with van der Waals surface area (Å²) in [6.45, 7) is 0. The molecule has 0 N–H and O–H groups in total. The molecule has 0 spiro atoms. The van der Waals surface area contributed by atoms with Crippen LogP contribution < -0.4 is 0 Å². The summed E-state index contributed by atoms with van der Waals surface area (Å²) in [6.07, 6.45) is 2.79. The van der Waals surface area contributed by atoms with Crippen molar-refractivity contribution < 1.29 is 0 Å². The molecular formula is C9H5BrN. The van der Waals surface area contributed by atoms with Crippen LogP contribution in [0.4, 0.5) is 0 Å². The van der Waals surface area contributed by atoms with E-state index in [0.29, 0.717) is 0 Å². The summed E-state index contributed by atoms with van der Waals surface area (Å²) in [5, 5.41) is 1.13. The zero-order valence-corrected chi connectivity index (χ0v) is 7.30. The molecule has 0 aliphatic heterocycles. The van der Waals surface area contributed by atoms with Crippen molar-refractivity contribution in [2.24, 2.45) is 0 Å². The average Bonchev–Trinajstić information content (AvgIpc) is 2.06. The van der Waals surface area contributed by atoms with Gasteiger partial charge in [0.05, 0.1) is 11.7 Å². The van der Waals surface area contributed by atoms with Crippen LogP contribution in [-0.4, -0.2) is 4.98 Å². The molecule has 0 atom stereocenters. The van der Waals surface area contributed by atoms with Crippen molar-refractivity contribution >= 4 is 26.8 Å². The zero-order chi connectivity index (χ0) is 7.68. The number of pyridine rings is 1. The molecule has 1 aromatic heterocycles. The number of hydrogen-bond acceptors (Lipinski definition) is 1. The molecular weight excluding hydrogens is 202 g/mol. The van der Waals surface area contributed by atoms with Crippen LogP contribution in [0.1, 0.15) is 0 Å². The Labute approximate surface area is 73.2 Å². The lowest BCUT2D eigenvalue weighted by Crippen LogP contribution is -1.77. The van der Waals surface area contributed by atoms with Crippen LogP contribution in [0.15, 0.2) is 34.8 Å². The van der Waals surface area contributed by atoms with E-state index in [4.69, 9.17) is 0 Å². The number of hydrogen-bond donors (Lipinski definition) is 0. The number of fused-ring (bicyclic) bond motifs is 1. The first-order valence-corrected chi connectivity index (χ1v) is 4.08. The molecule has 11 heavy (non-hydrogen) atoms. The van der Waals surface area contributed by atoms with E-state index in [9.17, 15) is 0 Å². The van der Waals surface area contributed by atoms with Crippen LogP contribution in [0.3, 0.4) is 0 Å². The maximum absolute atomic E-state index is 4.09. The molecule has 0 unspecified atom stereocenters. The second-order valence-corrected chi connectivity index (χ2v) is 3.10. The minimum Gasteiger partial charge on any atom is -0.246 e. The van der Waals surface area contributed by atoms with Crippen LogP contribution in [0.25, 0.3) is 10.9 Å².